The Morgan fingerprint density at radius 1 is 1.00 bits per heavy atom. The van der Waals surface area contributed by atoms with Gasteiger partial charge in [0.15, 0.2) is 11.6 Å². The molecule has 2 heterocycles. The van der Waals surface area contributed by atoms with Crippen LogP contribution in [0, 0.1) is 11.6 Å². The van der Waals surface area contributed by atoms with Crippen molar-refractivity contribution in [2.45, 2.75) is 26.1 Å². The van der Waals surface area contributed by atoms with Gasteiger partial charge < -0.3 is 21.1 Å². The van der Waals surface area contributed by atoms with Gasteiger partial charge in [-0.25, -0.2) is 18.7 Å². The summed E-state index contributed by atoms with van der Waals surface area (Å²) in [5.41, 5.74) is 15.7. The van der Waals surface area contributed by atoms with Gasteiger partial charge in [-0.2, -0.15) is 0 Å². The topological polar surface area (TPSA) is 107 Å². The number of hydrogen-bond acceptors (Lipinski definition) is 6. The van der Waals surface area contributed by atoms with Crippen molar-refractivity contribution in [3.63, 3.8) is 0 Å². The third-order valence-electron chi connectivity index (χ3n) is 6.25. The third kappa shape index (κ3) is 4.62. The lowest BCUT2D eigenvalue weighted by atomic mass is 9.97. The number of anilines is 1. The first-order valence-corrected chi connectivity index (χ1v) is 11.6. The predicted molar refractivity (Wildman–Crippen MR) is 133 cm³/mol. The van der Waals surface area contributed by atoms with Crippen LogP contribution in [0.5, 0.6) is 0 Å². The SMILES string of the molecule is NCCCOCc1cc(F)c(F)cc1-c1ccc2nc(N)nc(C(=O)N3Cc4ccccc4C3)c2c1. The van der Waals surface area contributed by atoms with E-state index in [-0.39, 0.29) is 24.2 Å². The number of benzene rings is 3. The Morgan fingerprint density at radius 3 is 2.44 bits per heavy atom. The molecule has 0 aliphatic carbocycles. The molecule has 0 saturated heterocycles. The van der Waals surface area contributed by atoms with E-state index < -0.39 is 11.6 Å². The normalized spacial score (nSPS) is 12.8. The lowest BCUT2D eigenvalue weighted by molar-refractivity contribution is 0.0747. The Bertz CT molecular complexity index is 1440. The van der Waals surface area contributed by atoms with Crippen molar-refractivity contribution < 1.29 is 18.3 Å². The lowest BCUT2D eigenvalue weighted by Crippen LogP contribution is -2.27. The van der Waals surface area contributed by atoms with Crippen molar-refractivity contribution in [1.82, 2.24) is 14.9 Å². The van der Waals surface area contributed by atoms with E-state index in [9.17, 15) is 13.6 Å². The van der Waals surface area contributed by atoms with E-state index in [0.29, 0.717) is 60.3 Å². The summed E-state index contributed by atoms with van der Waals surface area (Å²) < 4.78 is 33.9. The molecule has 0 radical (unpaired) electrons. The van der Waals surface area contributed by atoms with Crippen LogP contribution in [0.3, 0.4) is 0 Å². The first kappa shape index (κ1) is 23.8. The number of carbonyl (C=O) groups excluding carboxylic acids is 1. The summed E-state index contributed by atoms with van der Waals surface area (Å²) in [6.45, 7) is 1.88. The van der Waals surface area contributed by atoms with Gasteiger partial charge in [-0.05, 0) is 65.0 Å². The summed E-state index contributed by atoms with van der Waals surface area (Å²) in [5.74, 6) is -2.23. The van der Waals surface area contributed by atoms with Crippen LogP contribution >= 0.6 is 0 Å². The number of ether oxygens (including phenoxy) is 1. The number of halogens is 2. The van der Waals surface area contributed by atoms with Crippen molar-refractivity contribution in [2.24, 2.45) is 5.73 Å². The van der Waals surface area contributed by atoms with E-state index in [1.165, 1.54) is 0 Å². The maximum atomic E-state index is 14.3. The van der Waals surface area contributed by atoms with Crippen molar-refractivity contribution in [3.05, 3.63) is 88.6 Å². The molecule has 1 amide bonds. The molecule has 0 saturated carbocycles. The zero-order chi connectivity index (χ0) is 25.2. The molecule has 7 nitrogen and oxygen atoms in total. The highest BCUT2D eigenvalue weighted by Crippen LogP contribution is 2.32. The molecular formula is C27H25F2N5O2. The summed E-state index contributed by atoms with van der Waals surface area (Å²) in [6, 6.07) is 15.3. The summed E-state index contributed by atoms with van der Waals surface area (Å²) in [5, 5.41) is 0.474. The summed E-state index contributed by atoms with van der Waals surface area (Å²) in [4.78, 5) is 23.8. The molecule has 184 valence electrons. The van der Waals surface area contributed by atoms with Gasteiger partial charge in [-0.15, -0.1) is 0 Å². The van der Waals surface area contributed by atoms with Crippen molar-refractivity contribution in [1.29, 1.82) is 0 Å². The van der Waals surface area contributed by atoms with Crippen LogP contribution in [0.2, 0.25) is 0 Å². The van der Waals surface area contributed by atoms with Crippen molar-refractivity contribution in [2.75, 3.05) is 18.9 Å². The van der Waals surface area contributed by atoms with Crippen LogP contribution in [0.1, 0.15) is 33.6 Å². The predicted octanol–water partition coefficient (Wildman–Crippen LogP) is 4.18. The monoisotopic (exact) mass is 489 g/mol. The molecule has 1 aliphatic rings. The van der Waals surface area contributed by atoms with Crippen LogP contribution in [-0.4, -0.2) is 33.9 Å². The summed E-state index contributed by atoms with van der Waals surface area (Å²) in [6.07, 6.45) is 0.652. The van der Waals surface area contributed by atoms with Gasteiger partial charge >= 0.3 is 0 Å². The zero-order valence-electron chi connectivity index (χ0n) is 19.5. The number of nitrogens with two attached hydrogens (primary N) is 2. The lowest BCUT2D eigenvalue weighted by Gasteiger charge is -2.17. The smallest absolute Gasteiger partial charge is 0.273 e. The molecule has 36 heavy (non-hydrogen) atoms. The average molecular weight is 490 g/mol. The molecule has 0 fully saturated rings. The van der Waals surface area contributed by atoms with Gasteiger partial charge in [0.2, 0.25) is 5.95 Å². The second kappa shape index (κ2) is 9.96. The molecule has 0 bridgehead atoms. The standard InChI is InChI=1S/C27H25F2N5O2/c28-22-11-19(15-36-9-3-8-30)20(12-23(22)29)16-6-7-24-21(10-16)25(33-27(31)32-24)26(35)34-13-17-4-1-2-5-18(17)14-34/h1-2,4-7,10-12H,3,8-9,13-15,30H2,(H2,31,32,33). The highest BCUT2D eigenvalue weighted by atomic mass is 19.2. The molecule has 1 aromatic heterocycles. The van der Waals surface area contributed by atoms with E-state index in [0.717, 1.165) is 23.3 Å². The first-order valence-electron chi connectivity index (χ1n) is 11.6. The molecule has 0 atom stereocenters. The van der Waals surface area contributed by atoms with Crippen molar-refractivity contribution >= 4 is 22.8 Å². The Kier molecular flexibility index (Phi) is 6.58. The number of carbonyl (C=O) groups is 1. The van der Waals surface area contributed by atoms with E-state index in [1.54, 1.807) is 23.1 Å². The maximum Gasteiger partial charge on any atom is 0.273 e. The number of nitrogen functional groups attached to an aromatic ring is 1. The molecule has 5 rings (SSSR count). The molecule has 4 aromatic rings. The molecule has 9 heteroatoms. The van der Waals surface area contributed by atoms with Crippen molar-refractivity contribution in [3.8, 4) is 11.1 Å². The van der Waals surface area contributed by atoms with Gasteiger partial charge in [-0.3, -0.25) is 4.79 Å². The second-order valence-electron chi connectivity index (χ2n) is 8.71. The number of fused-ring (bicyclic) bond motifs is 2. The number of aromatic nitrogens is 2. The van der Waals surface area contributed by atoms with Crippen LogP contribution in [-0.2, 0) is 24.4 Å². The Labute approximate surface area is 206 Å². The van der Waals surface area contributed by atoms with Gasteiger partial charge in [0.25, 0.3) is 5.91 Å². The fraction of sp³-hybridized carbons (Fsp3) is 0.222. The number of hydrogen-bond donors (Lipinski definition) is 2. The van der Waals surface area contributed by atoms with Crippen LogP contribution in [0.25, 0.3) is 22.0 Å². The highest BCUT2D eigenvalue weighted by molar-refractivity contribution is 6.06. The molecule has 3 aromatic carbocycles. The zero-order valence-corrected chi connectivity index (χ0v) is 19.5. The van der Waals surface area contributed by atoms with E-state index in [2.05, 4.69) is 9.97 Å². The van der Waals surface area contributed by atoms with Crippen LogP contribution in [0.15, 0.2) is 54.6 Å². The summed E-state index contributed by atoms with van der Waals surface area (Å²) >= 11 is 0. The van der Waals surface area contributed by atoms with Gasteiger partial charge in [-0.1, -0.05) is 30.3 Å². The summed E-state index contributed by atoms with van der Waals surface area (Å²) in [7, 11) is 0. The molecular weight excluding hydrogens is 464 g/mol. The third-order valence-corrected chi connectivity index (χ3v) is 6.25. The van der Waals surface area contributed by atoms with Gasteiger partial charge in [0.1, 0.15) is 5.69 Å². The fourth-order valence-electron chi connectivity index (χ4n) is 4.45. The quantitative estimate of drug-likeness (QED) is 0.377. The molecule has 1 aliphatic heterocycles. The molecule has 0 unspecified atom stereocenters. The van der Waals surface area contributed by atoms with Gasteiger partial charge in [0, 0.05) is 25.1 Å². The minimum atomic E-state index is -0.976. The van der Waals surface area contributed by atoms with Crippen LogP contribution in [0.4, 0.5) is 14.7 Å². The van der Waals surface area contributed by atoms with Gasteiger partial charge in [0.05, 0.1) is 12.1 Å². The average Bonchev–Trinajstić information content (AvgIpc) is 3.32. The molecule has 4 N–H and O–H groups in total. The van der Waals surface area contributed by atoms with Crippen LogP contribution < -0.4 is 11.5 Å². The Balaban J connectivity index is 1.54. The van der Waals surface area contributed by atoms with E-state index >= 15 is 0 Å². The number of nitrogens with zero attached hydrogens (tertiary/aromatic N) is 3. The number of rotatable bonds is 7. The fourth-order valence-corrected chi connectivity index (χ4v) is 4.45. The number of amides is 1. The Hall–Kier alpha value is -3.95. The largest absolute Gasteiger partial charge is 0.377 e. The minimum Gasteiger partial charge on any atom is -0.377 e. The minimum absolute atomic E-state index is 0.0165. The molecule has 0 spiro atoms. The maximum absolute atomic E-state index is 14.3. The van der Waals surface area contributed by atoms with E-state index in [4.69, 9.17) is 16.2 Å². The highest BCUT2D eigenvalue weighted by Gasteiger charge is 2.27. The van der Waals surface area contributed by atoms with E-state index in [1.807, 2.05) is 24.3 Å². The second-order valence-corrected chi connectivity index (χ2v) is 8.71. The first-order chi connectivity index (χ1) is 17.4. The Morgan fingerprint density at radius 2 is 1.72 bits per heavy atom.